The molecule has 0 radical (unpaired) electrons. The maximum atomic E-state index is 4.84. The Morgan fingerprint density at radius 1 is 1.15 bits per heavy atom. The quantitative estimate of drug-likeness (QED) is 0.872. The minimum atomic E-state index is 0.740. The molecular formula is C17H23N3. The molecule has 20 heavy (non-hydrogen) atoms. The van der Waals surface area contributed by atoms with Gasteiger partial charge in [-0.3, -0.25) is 0 Å². The van der Waals surface area contributed by atoms with E-state index in [-0.39, 0.29) is 0 Å². The Morgan fingerprint density at radius 3 is 2.50 bits per heavy atom. The van der Waals surface area contributed by atoms with Crippen LogP contribution in [-0.2, 0) is 19.4 Å². The minimum Gasteiger partial charge on any atom is -0.310 e. The van der Waals surface area contributed by atoms with Gasteiger partial charge in [-0.1, -0.05) is 32.0 Å². The first-order valence-corrected chi connectivity index (χ1v) is 7.72. The molecule has 0 atom stereocenters. The summed E-state index contributed by atoms with van der Waals surface area (Å²) in [5.41, 5.74) is 5.16. The van der Waals surface area contributed by atoms with Gasteiger partial charge in [-0.05, 0) is 37.8 Å². The summed E-state index contributed by atoms with van der Waals surface area (Å²) in [4.78, 5) is 0. The van der Waals surface area contributed by atoms with E-state index in [4.69, 9.17) is 5.10 Å². The molecule has 1 aliphatic rings. The third kappa shape index (κ3) is 2.63. The molecule has 1 heterocycles. The second-order valence-electron chi connectivity index (χ2n) is 5.48. The molecule has 3 rings (SSSR count). The van der Waals surface area contributed by atoms with E-state index in [9.17, 15) is 0 Å². The van der Waals surface area contributed by atoms with Crippen molar-refractivity contribution in [3.05, 3.63) is 47.3 Å². The van der Waals surface area contributed by atoms with Gasteiger partial charge in [-0.2, -0.15) is 5.10 Å². The topological polar surface area (TPSA) is 29.9 Å². The lowest BCUT2D eigenvalue weighted by Gasteiger charge is -2.08. The van der Waals surface area contributed by atoms with Crippen molar-refractivity contribution in [2.75, 3.05) is 0 Å². The smallest absolute Gasteiger partial charge is 0.0674 e. The van der Waals surface area contributed by atoms with Gasteiger partial charge in [0.05, 0.1) is 11.4 Å². The fourth-order valence-corrected chi connectivity index (χ4v) is 2.70. The Labute approximate surface area is 121 Å². The zero-order valence-corrected chi connectivity index (χ0v) is 12.4. The SMILES string of the molecule is CCc1nn(-c2ccccc2)c(CC)c1CNC1CC1. The fourth-order valence-electron chi connectivity index (χ4n) is 2.70. The molecule has 1 aromatic carbocycles. The number of benzene rings is 1. The summed E-state index contributed by atoms with van der Waals surface area (Å²) < 4.78 is 2.13. The highest BCUT2D eigenvalue weighted by molar-refractivity contribution is 5.38. The van der Waals surface area contributed by atoms with Crippen molar-refractivity contribution < 1.29 is 0 Å². The van der Waals surface area contributed by atoms with Gasteiger partial charge in [0.2, 0.25) is 0 Å². The highest BCUT2D eigenvalue weighted by Crippen LogP contribution is 2.23. The van der Waals surface area contributed by atoms with Crippen molar-refractivity contribution >= 4 is 0 Å². The Hall–Kier alpha value is -1.61. The van der Waals surface area contributed by atoms with Crippen LogP contribution in [0.2, 0.25) is 0 Å². The van der Waals surface area contributed by atoms with E-state index in [2.05, 4.69) is 54.2 Å². The number of rotatable bonds is 6. The van der Waals surface area contributed by atoms with E-state index >= 15 is 0 Å². The van der Waals surface area contributed by atoms with Crippen LogP contribution in [0.3, 0.4) is 0 Å². The van der Waals surface area contributed by atoms with E-state index in [0.29, 0.717) is 0 Å². The normalized spacial score (nSPS) is 14.7. The summed E-state index contributed by atoms with van der Waals surface area (Å²) in [6.45, 7) is 5.37. The minimum absolute atomic E-state index is 0.740. The molecule has 1 N–H and O–H groups in total. The molecule has 0 spiro atoms. The molecule has 3 nitrogen and oxygen atoms in total. The second kappa shape index (κ2) is 5.80. The lowest BCUT2D eigenvalue weighted by molar-refractivity contribution is 0.677. The molecule has 1 aromatic heterocycles. The van der Waals surface area contributed by atoms with Crippen LogP contribution in [0.25, 0.3) is 5.69 Å². The van der Waals surface area contributed by atoms with Gasteiger partial charge in [0.15, 0.2) is 0 Å². The zero-order valence-electron chi connectivity index (χ0n) is 12.4. The van der Waals surface area contributed by atoms with Crippen molar-refractivity contribution in [1.82, 2.24) is 15.1 Å². The molecule has 0 amide bonds. The van der Waals surface area contributed by atoms with Gasteiger partial charge in [-0.25, -0.2) is 4.68 Å². The highest BCUT2D eigenvalue weighted by atomic mass is 15.3. The average molecular weight is 269 g/mol. The van der Waals surface area contributed by atoms with Crippen molar-refractivity contribution in [3.63, 3.8) is 0 Å². The van der Waals surface area contributed by atoms with Crippen molar-refractivity contribution in [1.29, 1.82) is 0 Å². The largest absolute Gasteiger partial charge is 0.310 e. The number of nitrogens with zero attached hydrogens (tertiary/aromatic N) is 2. The fraction of sp³-hybridized carbons (Fsp3) is 0.471. The second-order valence-corrected chi connectivity index (χ2v) is 5.48. The third-order valence-corrected chi connectivity index (χ3v) is 3.99. The summed E-state index contributed by atoms with van der Waals surface area (Å²) >= 11 is 0. The molecular weight excluding hydrogens is 246 g/mol. The van der Waals surface area contributed by atoms with Gasteiger partial charge >= 0.3 is 0 Å². The van der Waals surface area contributed by atoms with Crippen LogP contribution in [0, 0.1) is 0 Å². The number of aromatic nitrogens is 2. The standard InChI is InChI=1S/C17H23N3/c1-3-16-15(12-18-13-10-11-13)17(4-2)20(19-16)14-8-6-5-7-9-14/h5-9,13,18H,3-4,10-12H2,1-2H3. The number of hydrogen-bond donors (Lipinski definition) is 1. The van der Waals surface area contributed by atoms with Gasteiger partial charge in [0.1, 0.15) is 0 Å². The first-order valence-electron chi connectivity index (χ1n) is 7.72. The van der Waals surface area contributed by atoms with Crippen LogP contribution < -0.4 is 5.32 Å². The molecule has 1 saturated carbocycles. The van der Waals surface area contributed by atoms with E-state index in [1.54, 1.807) is 0 Å². The summed E-state index contributed by atoms with van der Waals surface area (Å²) in [5, 5.41) is 8.48. The summed E-state index contributed by atoms with van der Waals surface area (Å²) in [7, 11) is 0. The first-order chi connectivity index (χ1) is 9.83. The summed E-state index contributed by atoms with van der Waals surface area (Å²) in [6.07, 6.45) is 4.67. The Bertz CT molecular complexity index is 567. The number of aryl methyl sites for hydroxylation is 1. The van der Waals surface area contributed by atoms with Crippen LogP contribution >= 0.6 is 0 Å². The van der Waals surface area contributed by atoms with E-state index in [0.717, 1.165) is 31.1 Å². The molecule has 2 aromatic rings. The van der Waals surface area contributed by atoms with E-state index < -0.39 is 0 Å². The van der Waals surface area contributed by atoms with E-state index in [1.807, 2.05) is 0 Å². The molecule has 1 aliphatic carbocycles. The van der Waals surface area contributed by atoms with Crippen LogP contribution in [0.1, 0.15) is 43.6 Å². The van der Waals surface area contributed by atoms with Gasteiger partial charge in [0.25, 0.3) is 0 Å². The predicted octanol–water partition coefficient (Wildman–Crippen LogP) is 3.25. The van der Waals surface area contributed by atoms with Gasteiger partial charge in [0, 0.05) is 23.8 Å². The number of nitrogens with one attached hydrogen (secondary N) is 1. The zero-order chi connectivity index (χ0) is 13.9. The molecule has 3 heteroatoms. The Kier molecular flexibility index (Phi) is 3.88. The van der Waals surface area contributed by atoms with Crippen molar-refractivity contribution in [2.24, 2.45) is 0 Å². The van der Waals surface area contributed by atoms with Gasteiger partial charge < -0.3 is 5.32 Å². The van der Waals surface area contributed by atoms with Gasteiger partial charge in [-0.15, -0.1) is 0 Å². The number of hydrogen-bond acceptors (Lipinski definition) is 2. The van der Waals surface area contributed by atoms with Crippen LogP contribution in [-0.4, -0.2) is 15.8 Å². The summed E-state index contributed by atoms with van der Waals surface area (Å²) in [6, 6.07) is 11.2. The molecule has 0 aliphatic heterocycles. The van der Waals surface area contributed by atoms with Crippen LogP contribution in [0.4, 0.5) is 0 Å². The third-order valence-electron chi connectivity index (χ3n) is 3.99. The monoisotopic (exact) mass is 269 g/mol. The molecule has 0 saturated heterocycles. The molecule has 0 unspecified atom stereocenters. The summed E-state index contributed by atoms with van der Waals surface area (Å²) in [5.74, 6) is 0. The number of para-hydroxylation sites is 1. The first kappa shape index (κ1) is 13.4. The molecule has 1 fully saturated rings. The van der Waals surface area contributed by atoms with Crippen molar-refractivity contribution in [3.8, 4) is 5.69 Å². The molecule has 0 bridgehead atoms. The predicted molar refractivity (Wildman–Crippen MR) is 82.2 cm³/mol. The van der Waals surface area contributed by atoms with Crippen LogP contribution in [0.5, 0.6) is 0 Å². The Morgan fingerprint density at radius 2 is 1.90 bits per heavy atom. The lowest BCUT2D eigenvalue weighted by atomic mass is 10.1. The molecule has 106 valence electrons. The van der Waals surface area contributed by atoms with Crippen LogP contribution in [0.15, 0.2) is 30.3 Å². The lowest BCUT2D eigenvalue weighted by Crippen LogP contribution is -2.17. The van der Waals surface area contributed by atoms with E-state index in [1.165, 1.54) is 29.8 Å². The van der Waals surface area contributed by atoms with Crippen molar-refractivity contribution in [2.45, 2.75) is 52.1 Å². The Balaban J connectivity index is 1.97. The maximum absolute atomic E-state index is 4.84. The maximum Gasteiger partial charge on any atom is 0.0674 e. The highest BCUT2D eigenvalue weighted by Gasteiger charge is 2.23. The average Bonchev–Trinajstić information content (AvgIpc) is 3.25.